The fraction of sp³-hybridized carbons (Fsp3) is 0.278. The van der Waals surface area contributed by atoms with Gasteiger partial charge in [0.15, 0.2) is 0 Å². The molecule has 2 aromatic heterocycles. The molecule has 0 amide bonds. The molecule has 1 aromatic carbocycles. The van der Waals surface area contributed by atoms with Gasteiger partial charge in [-0.15, -0.1) is 0 Å². The van der Waals surface area contributed by atoms with E-state index >= 15 is 0 Å². The maximum atomic E-state index is 6.42. The number of benzene rings is 1. The van der Waals surface area contributed by atoms with E-state index in [4.69, 9.17) is 5.73 Å². The Morgan fingerprint density at radius 1 is 1.05 bits per heavy atom. The van der Waals surface area contributed by atoms with Gasteiger partial charge < -0.3 is 10.3 Å². The summed E-state index contributed by atoms with van der Waals surface area (Å²) in [6, 6.07) is 12.4. The van der Waals surface area contributed by atoms with E-state index in [1.54, 1.807) is 0 Å². The number of aromatic nitrogens is 2. The molecule has 0 spiro atoms. The van der Waals surface area contributed by atoms with Crippen LogP contribution in [0.15, 0.2) is 48.8 Å². The summed E-state index contributed by atoms with van der Waals surface area (Å²) in [4.78, 5) is 4.12. The van der Waals surface area contributed by atoms with Gasteiger partial charge in [-0.25, -0.2) is 0 Å². The average molecular weight is 279 g/mol. The number of pyridine rings is 1. The number of para-hydroxylation sites is 1. The van der Waals surface area contributed by atoms with E-state index in [0.29, 0.717) is 0 Å². The first-order valence-electron chi connectivity index (χ1n) is 7.61. The van der Waals surface area contributed by atoms with Gasteiger partial charge in [0.25, 0.3) is 0 Å². The maximum Gasteiger partial charge on any atom is 0.0611 e. The SMILES string of the molecule is CCCCCc1c(N)c2ccccc2n1-c1ccncc1. The van der Waals surface area contributed by atoms with E-state index in [-0.39, 0.29) is 0 Å². The van der Waals surface area contributed by atoms with Crippen LogP contribution in [0.3, 0.4) is 0 Å². The number of nitrogens with two attached hydrogens (primary N) is 1. The molecule has 0 saturated carbocycles. The first-order chi connectivity index (χ1) is 10.3. The van der Waals surface area contributed by atoms with Crippen LogP contribution in [0.5, 0.6) is 0 Å². The number of nitrogen functional groups attached to an aromatic ring is 1. The second-order valence-corrected chi connectivity index (χ2v) is 5.38. The van der Waals surface area contributed by atoms with E-state index in [1.807, 2.05) is 30.6 Å². The average Bonchev–Trinajstić information content (AvgIpc) is 2.82. The van der Waals surface area contributed by atoms with Crippen LogP contribution < -0.4 is 5.73 Å². The quantitative estimate of drug-likeness (QED) is 0.706. The van der Waals surface area contributed by atoms with Crippen molar-refractivity contribution in [2.75, 3.05) is 5.73 Å². The zero-order chi connectivity index (χ0) is 14.7. The molecule has 3 rings (SSSR count). The number of rotatable bonds is 5. The molecule has 0 radical (unpaired) electrons. The monoisotopic (exact) mass is 279 g/mol. The smallest absolute Gasteiger partial charge is 0.0611 e. The third-order valence-corrected chi connectivity index (χ3v) is 3.95. The van der Waals surface area contributed by atoms with E-state index < -0.39 is 0 Å². The first kappa shape index (κ1) is 13.7. The lowest BCUT2D eigenvalue weighted by Crippen LogP contribution is -2.02. The molecule has 0 fully saturated rings. The number of hydrogen-bond acceptors (Lipinski definition) is 2. The van der Waals surface area contributed by atoms with Gasteiger partial charge in [-0.3, -0.25) is 4.98 Å². The van der Waals surface area contributed by atoms with Crippen LogP contribution in [0.4, 0.5) is 5.69 Å². The molecule has 3 aromatic rings. The highest BCUT2D eigenvalue weighted by atomic mass is 15.0. The highest BCUT2D eigenvalue weighted by molar-refractivity contribution is 5.95. The second kappa shape index (κ2) is 6.00. The Morgan fingerprint density at radius 2 is 1.81 bits per heavy atom. The standard InChI is InChI=1S/C18H21N3/c1-2-3-4-9-17-18(19)15-7-5-6-8-16(15)21(17)14-10-12-20-13-11-14/h5-8,10-13H,2-4,9,19H2,1H3. The summed E-state index contributed by atoms with van der Waals surface area (Å²) in [6.45, 7) is 2.22. The minimum atomic E-state index is 0.915. The third-order valence-electron chi connectivity index (χ3n) is 3.95. The molecule has 2 heterocycles. The molecule has 0 saturated heterocycles. The molecule has 0 atom stereocenters. The molecule has 2 N–H and O–H groups in total. The van der Waals surface area contributed by atoms with Crippen molar-refractivity contribution in [2.24, 2.45) is 0 Å². The van der Waals surface area contributed by atoms with Gasteiger partial charge in [0, 0.05) is 29.2 Å². The van der Waals surface area contributed by atoms with Crippen LogP contribution >= 0.6 is 0 Å². The summed E-state index contributed by atoms with van der Waals surface area (Å²) in [6.07, 6.45) is 8.29. The van der Waals surface area contributed by atoms with Crippen molar-refractivity contribution in [1.82, 2.24) is 9.55 Å². The van der Waals surface area contributed by atoms with Crippen LogP contribution in [0.1, 0.15) is 31.9 Å². The Kier molecular flexibility index (Phi) is 3.91. The minimum Gasteiger partial charge on any atom is -0.397 e. The molecule has 0 aliphatic rings. The van der Waals surface area contributed by atoms with E-state index in [0.717, 1.165) is 23.2 Å². The van der Waals surface area contributed by atoms with Gasteiger partial charge >= 0.3 is 0 Å². The van der Waals surface area contributed by atoms with E-state index in [1.165, 1.54) is 30.5 Å². The Bertz CT molecular complexity index is 729. The number of anilines is 1. The molecule has 108 valence electrons. The molecule has 0 unspecified atom stereocenters. The van der Waals surface area contributed by atoms with E-state index in [2.05, 4.69) is 34.7 Å². The van der Waals surface area contributed by atoms with Crippen LogP contribution in [-0.4, -0.2) is 9.55 Å². The summed E-state index contributed by atoms with van der Waals surface area (Å²) < 4.78 is 2.28. The van der Waals surface area contributed by atoms with Gasteiger partial charge in [-0.1, -0.05) is 38.0 Å². The lowest BCUT2D eigenvalue weighted by molar-refractivity contribution is 0.702. The maximum absolute atomic E-state index is 6.42. The summed E-state index contributed by atoms with van der Waals surface area (Å²) in [5, 5.41) is 1.14. The topological polar surface area (TPSA) is 43.8 Å². The highest BCUT2D eigenvalue weighted by Gasteiger charge is 2.15. The fourth-order valence-electron chi connectivity index (χ4n) is 2.89. The van der Waals surface area contributed by atoms with Gasteiger partial charge in [0.05, 0.1) is 11.2 Å². The summed E-state index contributed by atoms with van der Waals surface area (Å²) in [5.74, 6) is 0. The molecule has 3 nitrogen and oxygen atoms in total. The zero-order valence-electron chi connectivity index (χ0n) is 12.4. The van der Waals surface area contributed by atoms with Gasteiger partial charge in [0.1, 0.15) is 0 Å². The van der Waals surface area contributed by atoms with E-state index in [9.17, 15) is 0 Å². The molecule has 0 bridgehead atoms. The molecular formula is C18H21N3. The van der Waals surface area contributed by atoms with Gasteiger partial charge in [0.2, 0.25) is 0 Å². The predicted octanol–water partition coefficient (Wildman–Crippen LogP) is 4.34. The number of unbranched alkanes of at least 4 members (excludes halogenated alkanes) is 2. The fourth-order valence-corrected chi connectivity index (χ4v) is 2.89. The molecule has 3 heteroatoms. The molecule has 0 aliphatic carbocycles. The zero-order valence-corrected chi connectivity index (χ0v) is 12.4. The van der Waals surface area contributed by atoms with Crippen molar-refractivity contribution in [3.8, 4) is 5.69 Å². The summed E-state index contributed by atoms with van der Waals surface area (Å²) in [5.41, 5.74) is 10.9. The van der Waals surface area contributed by atoms with Crippen molar-refractivity contribution < 1.29 is 0 Å². The first-order valence-corrected chi connectivity index (χ1v) is 7.61. The Labute approximate surface area is 125 Å². The lowest BCUT2D eigenvalue weighted by atomic mass is 10.1. The van der Waals surface area contributed by atoms with Crippen LogP contribution in [0.25, 0.3) is 16.6 Å². The number of fused-ring (bicyclic) bond motifs is 1. The minimum absolute atomic E-state index is 0.915. The van der Waals surface area contributed by atoms with Crippen molar-refractivity contribution in [1.29, 1.82) is 0 Å². The Morgan fingerprint density at radius 3 is 2.57 bits per heavy atom. The van der Waals surface area contributed by atoms with Crippen molar-refractivity contribution in [3.63, 3.8) is 0 Å². The molecule has 21 heavy (non-hydrogen) atoms. The number of hydrogen-bond donors (Lipinski definition) is 1. The Balaban J connectivity index is 2.17. The second-order valence-electron chi connectivity index (χ2n) is 5.38. The largest absolute Gasteiger partial charge is 0.397 e. The summed E-state index contributed by atoms with van der Waals surface area (Å²) in [7, 11) is 0. The summed E-state index contributed by atoms with van der Waals surface area (Å²) >= 11 is 0. The lowest BCUT2D eigenvalue weighted by Gasteiger charge is -2.11. The van der Waals surface area contributed by atoms with Crippen molar-refractivity contribution in [3.05, 3.63) is 54.5 Å². The van der Waals surface area contributed by atoms with Crippen LogP contribution in [0.2, 0.25) is 0 Å². The van der Waals surface area contributed by atoms with Crippen molar-refractivity contribution in [2.45, 2.75) is 32.6 Å². The highest BCUT2D eigenvalue weighted by Crippen LogP contribution is 2.32. The predicted molar refractivity (Wildman–Crippen MR) is 88.7 cm³/mol. The third kappa shape index (κ3) is 2.51. The molecule has 0 aliphatic heterocycles. The van der Waals surface area contributed by atoms with Crippen LogP contribution in [-0.2, 0) is 6.42 Å². The number of nitrogens with zero attached hydrogens (tertiary/aromatic N) is 2. The van der Waals surface area contributed by atoms with Crippen LogP contribution in [0, 0.1) is 0 Å². The van der Waals surface area contributed by atoms with Gasteiger partial charge in [-0.05, 0) is 31.0 Å². The molecular weight excluding hydrogens is 258 g/mol. The Hall–Kier alpha value is -2.29. The normalized spacial score (nSPS) is 11.1. The van der Waals surface area contributed by atoms with Gasteiger partial charge in [-0.2, -0.15) is 0 Å². The van der Waals surface area contributed by atoms with Crippen molar-refractivity contribution >= 4 is 16.6 Å².